The third-order valence-corrected chi connectivity index (χ3v) is 4.19. The molecule has 1 aliphatic carbocycles. The third kappa shape index (κ3) is 1.92. The molecule has 16 heavy (non-hydrogen) atoms. The van der Waals surface area contributed by atoms with E-state index in [1.807, 2.05) is 18.2 Å². The molecule has 0 spiro atoms. The molecule has 0 amide bonds. The van der Waals surface area contributed by atoms with E-state index in [0.29, 0.717) is 6.04 Å². The van der Waals surface area contributed by atoms with Crippen LogP contribution in [0.4, 0.5) is 11.4 Å². The Balaban J connectivity index is 2.11. The van der Waals surface area contributed by atoms with Gasteiger partial charge in [0.1, 0.15) is 0 Å². The molecule has 0 saturated heterocycles. The van der Waals surface area contributed by atoms with Gasteiger partial charge in [0.25, 0.3) is 0 Å². The fourth-order valence-electron chi connectivity index (χ4n) is 1.98. The fraction of sp³-hybridized carbons (Fsp3) is 0.500. The lowest BCUT2D eigenvalue weighted by atomic mass is 9.64. The number of aliphatic hydroxyl groups excluding tert-OH is 1. The first kappa shape index (κ1) is 11.7. The lowest BCUT2D eigenvalue weighted by Crippen LogP contribution is -2.56. The molecule has 1 aromatic carbocycles. The van der Waals surface area contributed by atoms with Crippen molar-refractivity contribution in [1.82, 2.24) is 0 Å². The summed E-state index contributed by atoms with van der Waals surface area (Å²) in [6.45, 7) is 4.15. The van der Waals surface area contributed by atoms with Gasteiger partial charge in [-0.25, -0.2) is 0 Å². The van der Waals surface area contributed by atoms with E-state index in [9.17, 15) is 5.11 Å². The zero-order valence-corrected chi connectivity index (χ0v) is 11.1. The highest BCUT2D eigenvalue weighted by atomic mass is 79.9. The Morgan fingerprint density at radius 1 is 1.50 bits per heavy atom. The summed E-state index contributed by atoms with van der Waals surface area (Å²) in [5, 5.41) is 13.1. The summed E-state index contributed by atoms with van der Waals surface area (Å²) >= 11 is 3.48. The summed E-state index contributed by atoms with van der Waals surface area (Å²) in [5.41, 5.74) is 7.38. The van der Waals surface area contributed by atoms with Gasteiger partial charge in [-0.3, -0.25) is 0 Å². The highest BCUT2D eigenvalue weighted by molar-refractivity contribution is 9.10. The van der Waals surface area contributed by atoms with Crippen molar-refractivity contribution in [2.45, 2.75) is 32.4 Å². The first-order valence-electron chi connectivity index (χ1n) is 5.41. The van der Waals surface area contributed by atoms with Crippen LogP contribution in [0.3, 0.4) is 0 Å². The molecule has 1 saturated carbocycles. The van der Waals surface area contributed by atoms with Gasteiger partial charge in [0.05, 0.1) is 6.10 Å². The van der Waals surface area contributed by atoms with Gasteiger partial charge in [0, 0.05) is 27.3 Å². The molecule has 0 heterocycles. The van der Waals surface area contributed by atoms with E-state index < -0.39 is 0 Å². The average molecular weight is 285 g/mol. The zero-order valence-electron chi connectivity index (χ0n) is 9.50. The van der Waals surface area contributed by atoms with Crippen LogP contribution in [0.2, 0.25) is 0 Å². The summed E-state index contributed by atoms with van der Waals surface area (Å²) in [6.07, 6.45) is 0.585. The SMILES string of the molecule is CC1(C)C(O)CC1Nc1ccc(N)cc1Br. The van der Waals surface area contributed by atoms with Crippen molar-refractivity contribution >= 4 is 27.3 Å². The van der Waals surface area contributed by atoms with Crippen LogP contribution in [0.25, 0.3) is 0 Å². The summed E-state index contributed by atoms with van der Waals surface area (Å²) < 4.78 is 0.963. The predicted octanol–water partition coefficient (Wildman–Crippen LogP) is 2.60. The maximum atomic E-state index is 9.67. The number of aliphatic hydroxyl groups is 1. The van der Waals surface area contributed by atoms with Crippen LogP contribution in [0.5, 0.6) is 0 Å². The molecule has 1 fully saturated rings. The molecule has 0 bridgehead atoms. The molecular weight excluding hydrogens is 268 g/mol. The Kier molecular flexibility index (Phi) is 2.88. The van der Waals surface area contributed by atoms with Gasteiger partial charge in [-0.1, -0.05) is 13.8 Å². The third-order valence-electron chi connectivity index (χ3n) is 3.54. The van der Waals surface area contributed by atoms with E-state index in [1.165, 1.54) is 0 Å². The van der Waals surface area contributed by atoms with Crippen molar-refractivity contribution < 1.29 is 5.11 Å². The highest BCUT2D eigenvalue weighted by Gasteiger charge is 2.47. The van der Waals surface area contributed by atoms with Gasteiger partial charge in [-0.2, -0.15) is 0 Å². The standard InChI is InChI=1S/C12H17BrN2O/c1-12(2)10(6-11(12)16)15-9-4-3-7(14)5-8(9)13/h3-5,10-11,15-16H,6,14H2,1-2H3. The van der Waals surface area contributed by atoms with E-state index in [4.69, 9.17) is 5.73 Å². The predicted molar refractivity (Wildman–Crippen MR) is 70.4 cm³/mol. The molecular formula is C12H17BrN2O. The molecule has 1 aliphatic rings. The molecule has 2 unspecified atom stereocenters. The van der Waals surface area contributed by atoms with Gasteiger partial charge in [-0.05, 0) is 40.5 Å². The van der Waals surface area contributed by atoms with E-state index >= 15 is 0 Å². The number of nitrogens with two attached hydrogens (primary N) is 1. The molecule has 0 radical (unpaired) electrons. The topological polar surface area (TPSA) is 58.3 Å². The zero-order chi connectivity index (χ0) is 11.9. The Morgan fingerprint density at radius 3 is 2.69 bits per heavy atom. The Bertz CT molecular complexity index is 406. The van der Waals surface area contributed by atoms with Gasteiger partial charge < -0.3 is 16.2 Å². The van der Waals surface area contributed by atoms with E-state index in [-0.39, 0.29) is 11.5 Å². The second-order valence-corrected chi connectivity index (χ2v) is 5.86. The van der Waals surface area contributed by atoms with Crippen LogP contribution in [0.15, 0.2) is 22.7 Å². The molecule has 3 nitrogen and oxygen atoms in total. The molecule has 2 rings (SSSR count). The van der Waals surface area contributed by atoms with E-state index in [2.05, 4.69) is 35.1 Å². The van der Waals surface area contributed by atoms with Gasteiger partial charge in [0.15, 0.2) is 0 Å². The van der Waals surface area contributed by atoms with Crippen LogP contribution in [0.1, 0.15) is 20.3 Å². The van der Waals surface area contributed by atoms with Crippen molar-refractivity contribution in [2.75, 3.05) is 11.1 Å². The molecule has 4 heteroatoms. The van der Waals surface area contributed by atoms with E-state index in [0.717, 1.165) is 22.3 Å². The largest absolute Gasteiger partial charge is 0.399 e. The number of nitrogens with one attached hydrogen (secondary N) is 1. The van der Waals surface area contributed by atoms with Crippen LogP contribution in [0, 0.1) is 5.41 Å². The Morgan fingerprint density at radius 2 is 2.19 bits per heavy atom. The van der Waals surface area contributed by atoms with Crippen LogP contribution < -0.4 is 11.1 Å². The Labute approximate surface area is 104 Å². The molecule has 2 atom stereocenters. The monoisotopic (exact) mass is 284 g/mol. The van der Waals surface area contributed by atoms with Crippen LogP contribution in [-0.2, 0) is 0 Å². The molecule has 1 aromatic rings. The number of benzene rings is 1. The number of hydrogen-bond donors (Lipinski definition) is 3. The first-order chi connectivity index (χ1) is 7.41. The average Bonchev–Trinajstić information content (AvgIpc) is 2.21. The maximum Gasteiger partial charge on any atom is 0.0630 e. The molecule has 0 aromatic heterocycles. The van der Waals surface area contributed by atoms with Gasteiger partial charge in [-0.15, -0.1) is 0 Å². The van der Waals surface area contributed by atoms with Crippen molar-refractivity contribution in [3.8, 4) is 0 Å². The second kappa shape index (κ2) is 3.93. The molecule has 88 valence electrons. The van der Waals surface area contributed by atoms with Gasteiger partial charge in [0.2, 0.25) is 0 Å². The second-order valence-electron chi connectivity index (χ2n) is 5.01. The summed E-state index contributed by atoms with van der Waals surface area (Å²) in [6, 6.07) is 6.02. The van der Waals surface area contributed by atoms with Crippen LogP contribution in [-0.4, -0.2) is 17.3 Å². The smallest absolute Gasteiger partial charge is 0.0630 e. The number of halogens is 1. The maximum absolute atomic E-state index is 9.67. The van der Waals surface area contributed by atoms with Crippen molar-refractivity contribution in [1.29, 1.82) is 0 Å². The highest BCUT2D eigenvalue weighted by Crippen LogP contribution is 2.43. The fourth-order valence-corrected chi connectivity index (χ4v) is 2.49. The Hall–Kier alpha value is -0.740. The summed E-state index contributed by atoms with van der Waals surface area (Å²) in [4.78, 5) is 0. The summed E-state index contributed by atoms with van der Waals surface area (Å²) in [5.74, 6) is 0. The minimum absolute atomic E-state index is 0.0686. The van der Waals surface area contributed by atoms with Crippen LogP contribution >= 0.6 is 15.9 Å². The van der Waals surface area contributed by atoms with Crippen molar-refractivity contribution in [3.63, 3.8) is 0 Å². The number of rotatable bonds is 2. The lowest BCUT2D eigenvalue weighted by molar-refractivity contribution is -0.0510. The minimum Gasteiger partial charge on any atom is -0.399 e. The minimum atomic E-state index is -0.211. The van der Waals surface area contributed by atoms with Crippen molar-refractivity contribution in [2.24, 2.45) is 5.41 Å². The number of nitrogen functional groups attached to an aromatic ring is 1. The first-order valence-corrected chi connectivity index (χ1v) is 6.20. The molecule has 4 N–H and O–H groups in total. The quantitative estimate of drug-likeness (QED) is 0.732. The summed E-state index contributed by atoms with van der Waals surface area (Å²) in [7, 11) is 0. The van der Waals surface area contributed by atoms with E-state index in [1.54, 1.807) is 0 Å². The number of anilines is 2. The lowest BCUT2D eigenvalue weighted by Gasteiger charge is -2.50. The molecule has 0 aliphatic heterocycles. The number of hydrogen-bond acceptors (Lipinski definition) is 3. The van der Waals surface area contributed by atoms with Gasteiger partial charge >= 0.3 is 0 Å². The normalized spacial score (nSPS) is 27.2. The van der Waals surface area contributed by atoms with Crippen molar-refractivity contribution in [3.05, 3.63) is 22.7 Å².